The number of carbonyl (C=O) groups is 1. The van der Waals surface area contributed by atoms with Gasteiger partial charge in [0.15, 0.2) is 5.78 Å². The van der Waals surface area contributed by atoms with Crippen molar-refractivity contribution in [3.05, 3.63) is 102 Å². The van der Waals surface area contributed by atoms with Crippen LogP contribution in [0.15, 0.2) is 101 Å². The summed E-state index contributed by atoms with van der Waals surface area (Å²) < 4.78 is 5.45. The van der Waals surface area contributed by atoms with Crippen molar-refractivity contribution in [2.24, 2.45) is 10.2 Å². The van der Waals surface area contributed by atoms with Gasteiger partial charge in [-0.2, -0.15) is 5.11 Å². The highest BCUT2D eigenvalue weighted by molar-refractivity contribution is 6.09. The summed E-state index contributed by atoms with van der Waals surface area (Å²) >= 11 is 0. The van der Waals surface area contributed by atoms with Gasteiger partial charge in [-0.3, -0.25) is 4.79 Å². The molecule has 2 aromatic rings. The molecule has 28 heavy (non-hydrogen) atoms. The molecule has 0 atom stereocenters. The van der Waals surface area contributed by atoms with E-state index >= 15 is 0 Å². The predicted octanol–water partition coefficient (Wildman–Crippen LogP) is 6.45. The summed E-state index contributed by atoms with van der Waals surface area (Å²) in [5.74, 6) is 0.757. The summed E-state index contributed by atoms with van der Waals surface area (Å²) in [5.41, 5.74) is 4.68. The van der Waals surface area contributed by atoms with Crippen LogP contribution in [0.1, 0.15) is 15.9 Å². The van der Waals surface area contributed by atoms with Gasteiger partial charge < -0.3 is 4.74 Å². The standard InChI is InChI=1S/C24H18N2O2/c1-28-23-16-22(20-10-6-3-7-11-21(20)23)26-25-19-14-12-18(13-15-19)24(27)17-8-4-2-5-9-17/h2-16H,1H3. The highest BCUT2D eigenvalue weighted by Gasteiger charge is 2.15. The Kier molecular flexibility index (Phi) is 4.93. The molecule has 0 spiro atoms. The summed E-state index contributed by atoms with van der Waals surface area (Å²) in [6, 6.07) is 28.1. The molecule has 4 rings (SSSR count). The van der Waals surface area contributed by atoms with Gasteiger partial charge in [0, 0.05) is 28.3 Å². The van der Waals surface area contributed by atoms with Crippen molar-refractivity contribution in [2.75, 3.05) is 7.11 Å². The zero-order valence-electron chi connectivity index (χ0n) is 15.4. The van der Waals surface area contributed by atoms with E-state index in [1.165, 1.54) is 0 Å². The number of fused-ring (bicyclic) bond motifs is 1. The summed E-state index contributed by atoms with van der Waals surface area (Å²) in [6.45, 7) is 0. The van der Waals surface area contributed by atoms with Crippen LogP contribution in [-0.4, -0.2) is 12.9 Å². The van der Waals surface area contributed by atoms with E-state index < -0.39 is 0 Å². The molecule has 0 aliphatic heterocycles. The van der Waals surface area contributed by atoms with Crippen molar-refractivity contribution >= 4 is 17.2 Å². The first kappa shape index (κ1) is 17.6. The molecule has 0 heterocycles. The van der Waals surface area contributed by atoms with Gasteiger partial charge in [0.1, 0.15) is 5.75 Å². The van der Waals surface area contributed by atoms with Crippen LogP contribution in [0, 0.1) is 0 Å². The molecule has 4 nitrogen and oxygen atoms in total. The quantitative estimate of drug-likeness (QED) is 0.301. The summed E-state index contributed by atoms with van der Waals surface area (Å²) in [5, 5.41) is 8.72. The van der Waals surface area contributed by atoms with Crippen LogP contribution in [0.4, 0.5) is 11.4 Å². The third kappa shape index (κ3) is 3.53. The maximum absolute atomic E-state index is 12.5. The smallest absolute Gasteiger partial charge is 0.193 e. The second-order valence-corrected chi connectivity index (χ2v) is 6.28. The lowest BCUT2D eigenvalue weighted by Gasteiger charge is -2.01. The lowest BCUT2D eigenvalue weighted by Crippen LogP contribution is -1.99. The number of benzene rings is 2. The minimum absolute atomic E-state index is 0.0108. The third-order valence-corrected chi connectivity index (χ3v) is 4.51. The first-order valence-corrected chi connectivity index (χ1v) is 8.93. The normalized spacial score (nSPS) is 11.0. The van der Waals surface area contributed by atoms with Crippen molar-refractivity contribution in [3.63, 3.8) is 0 Å². The molecule has 4 heteroatoms. The second-order valence-electron chi connectivity index (χ2n) is 6.28. The second kappa shape index (κ2) is 7.84. The molecule has 0 N–H and O–H groups in total. The molecule has 136 valence electrons. The van der Waals surface area contributed by atoms with E-state index in [0.717, 1.165) is 22.6 Å². The number of rotatable bonds is 5. The minimum atomic E-state index is -0.0108. The van der Waals surface area contributed by atoms with Gasteiger partial charge in [0.05, 0.1) is 18.5 Å². The molecule has 2 aliphatic carbocycles. The maximum atomic E-state index is 12.5. The fraction of sp³-hybridized carbons (Fsp3) is 0.0417. The Morgan fingerprint density at radius 3 is 2.00 bits per heavy atom. The lowest BCUT2D eigenvalue weighted by molar-refractivity contribution is 0.103. The van der Waals surface area contributed by atoms with E-state index in [0.29, 0.717) is 16.8 Å². The van der Waals surface area contributed by atoms with Crippen LogP contribution >= 0.6 is 0 Å². The first-order valence-electron chi connectivity index (χ1n) is 8.93. The van der Waals surface area contributed by atoms with Gasteiger partial charge >= 0.3 is 0 Å². The van der Waals surface area contributed by atoms with Crippen molar-refractivity contribution in [1.29, 1.82) is 0 Å². The first-order chi connectivity index (χ1) is 13.8. The van der Waals surface area contributed by atoms with Crippen LogP contribution in [0.25, 0.3) is 11.1 Å². The fourth-order valence-corrected chi connectivity index (χ4v) is 3.06. The molecule has 2 aliphatic rings. The third-order valence-electron chi connectivity index (χ3n) is 4.51. The van der Waals surface area contributed by atoms with Crippen LogP contribution < -0.4 is 4.74 Å². The molecule has 0 aromatic heterocycles. The highest BCUT2D eigenvalue weighted by Crippen LogP contribution is 2.42. The van der Waals surface area contributed by atoms with Gasteiger partial charge in [-0.1, -0.05) is 60.7 Å². The number of ketones is 1. The number of hydrogen-bond acceptors (Lipinski definition) is 4. The lowest BCUT2D eigenvalue weighted by atomic mass is 10.0. The average Bonchev–Trinajstić information content (AvgIpc) is 2.91. The molecule has 2 aromatic carbocycles. The topological polar surface area (TPSA) is 51.0 Å². The zero-order valence-corrected chi connectivity index (χ0v) is 15.4. The number of carbonyl (C=O) groups excluding carboxylic acids is 1. The van der Waals surface area contributed by atoms with Gasteiger partial charge in [-0.15, -0.1) is 5.11 Å². The average molecular weight is 366 g/mol. The van der Waals surface area contributed by atoms with Gasteiger partial charge in [-0.25, -0.2) is 0 Å². The molecule has 0 radical (unpaired) electrons. The van der Waals surface area contributed by atoms with E-state index in [4.69, 9.17) is 4.74 Å². The van der Waals surface area contributed by atoms with E-state index in [-0.39, 0.29) is 5.78 Å². The number of hydrogen-bond donors (Lipinski definition) is 0. The van der Waals surface area contributed by atoms with Crippen LogP contribution in [0.5, 0.6) is 5.75 Å². The van der Waals surface area contributed by atoms with E-state index in [1.807, 2.05) is 66.7 Å². The Labute approximate surface area is 163 Å². The summed E-state index contributed by atoms with van der Waals surface area (Å²) in [7, 11) is 1.64. The molecule has 0 amide bonds. The molecular formula is C24H18N2O2. The number of nitrogens with zero attached hydrogens (tertiary/aromatic N) is 2. The number of ether oxygens (including phenoxy) is 1. The number of methoxy groups -OCH3 is 1. The van der Waals surface area contributed by atoms with Gasteiger partial charge in [0.25, 0.3) is 0 Å². The molecule has 0 saturated heterocycles. The Balaban J connectivity index is 1.58. The Morgan fingerprint density at radius 2 is 1.32 bits per heavy atom. The number of azo groups is 1. The van der Waals surface area contributed by atoms with Gasteiger partial charge in [-0.05, 0) is 24.3 Å². The molecule has 0 saturated carbocycles. The molecule has 0 unspecified atom stereocenters. The largest absolute Gasteiger partial charge is 0.496 e. The van der Waals surface area contributed by atoms with Crippen molar-refractivity contribution in [2.45, 2.75) is 0 Å². The summed E-state index contributed by atoms with van der Waals surface area (Å²) in [4.78, 5) is 12.5. The van der Waals surface area contributed by atoms with Crippen LogP contribution in [0.3, 0.4) is 0 Å². The van der Waals surface area contributed by atoms with E-state index in [9.17, 15) is 4.79 Å². The summed E-state index contributed by atoms with van der Waals surface area (Å²) in [6.07, 6.45) is 0. The van der Waals surface area contributed by atoms with Crippen LogP contribution in [0.2, 0.25) is 0 Å². The zero-order chi connectivity index (χ0) is 19.3. The minimum Gasteiger partial charge on any atom is -0.496 e. The highest BCUT2D eigenvalue weighted by atomic mass is 16.5. The molecule has 0 bridgehead atoms. The van der Waals surface area contributed by atoms with Crippen molar-refractivity contribution in [1.82, 2.24) is 0 Å². The maximum Gasteiger partial charge on any atom is 0.193 e. The van der Waals surface area contributed by atoms with Crippen LogP contribution in [-0.2, 0) is 0 Å². The van der Waals surface area contributed by atoms with E-state index in [1.54, 1.807) is 31.4 Å². The monoisotopic (exact) mass is 366 g/mol. The fourth-order valence-electron chi connectivity index (χ4n) is 3.06. The Hall–Kier alpha value is -3.79. The van der Waals surface area contributed by atoms with E-state index in [2.05, 4.69) is 10.2 Å². The van der Waals surface area contributed by atoms with Crippen molar-refractivity contribution < 1.29 is 9.53 Å². The van der Waals surface area contributed by atoms with Gasteiger partial charge in [0.2, 0.25) is 0 Å². The predicted molar refractivity (Wildman–Crippen MR) is 110 cm³/mol. The molecule has 0 fully saturated rings. The molecular weight excluding hydrogens is 348 g/mol. The SMILES string of the molecule is COc1cc(N=Nc2ccc(C(=O)c3ccccc3)cc2)c2cccccc1-2. The Bertz CT molecular complexity index is 1100. The van der Waals surface area contributed by atoms with Crippen molar-refractivity contribution in [3.8, 4) is 16.9 Å². The Morgan fingerprint density at radius 1 is 0.714 bits per heavy atom.